The van der Waals surface area contributed by atoms with Gasteiger partial charge in [0.1, 0.15) is 0 Å². The molecule has 0 saturated carbocycles. The first-order chi connectivity index (χ1) is 6.78. The molecule has 0 aromatic heterocycles. The van der Waals surface area contributed by atoms with Gasteiger partial charge in [-0.15, -0.1) is 0 Å². The minimum absolute atomic E-state index is 1.18. The summed E-state index contributed by atoms with van der Waals surface area (Å²) in [5.41, 5.74) is 0. The Kier molecular flexibility index (Phi) is 17.8. The van der Waals surface area contributed by atoms with Crippen molar-refractivity contribution in [3.05, 3.63) is 0 Å². The third kappa shape index (κ3) is 9.71. The summed E-state index contributed by atoms with van der Waals surface area (Å²) in [5, 5.41) is 0. The Balaban J connectivity index is 0. The van der Waals surface area contributed by atoms with Crippen LogP contribution >= 0.6 is 20.3 Å². The molecule has 0 aromatic rings. The fraction of sp³-hybridized carbons (Fsp3) is 1.00. The number of hydrogen-bond donors (Lipinski definition) is 0. The van der Waals surface area contributed by atoms with Gasteiger partial charge in [0.25, 0.3) is 0 Å². The van der Waals surface area contributed by atoms with Crippen molar-refractivity contribution in [2.45, 2.75) is 27.7 Å². The summed E-state index contributed by atoms with van der Waals surface area (Å²) < 4.78 is 0. The van der Waals surface area contributed by atoms with E-state index in [0.29, 0.717) is 0 Å². The van der Waals surface area contributed by atoms with Gasteiger partial charge in [0, 0.05) is 13.1 Å². The van der Waals surface area contributed by atoms with Crippen LogP contribution in [-0.2, 0) is 12.8 Å². The number of nitrogens with zero attached hydrogens (tertiary/aromatic N) is 2. The van der Waals surface area contributed by atoms with E-state index >= 15 is 0 Å². The van der Waals surface area contributed by atoms with Crippen LogP contribution in [0.25, 0.3) is 0 Å². The van der Waals surface area contributed by atoms with E-state index < -0.39 is 0 Å². The second-order valence-electron chi connectivity index (χ2n) is 3.05. The Hall–Kier alpha value is 1.17. The Morgan fingerprint density at radius 1 is 0.714 bits per heavy atom. The molecule has 14 heavy (non-hydrogen) atoms. The molecule has 0 aliphatic heterocycles. The van der Waals surface area contributed by atoms with E-state index in [9.17, 15) is 0 Å². The molecule has 0 N–H and O–H groups in total. The van der Waals surface area contributed by atoms with Gasteiger partial charge in [-0.1, -0.05) is 27.7 Å². The van der Waals surface area contributed by atoms with Crippen LogP contribution in [0.1, 0.15) is 27.7 Å². The third-order valence-electron chi connectivity index (χ3n) is 2.52. The third-order valence-corrected chi connectivity index (χ3v) is 2.52. The molecule has 92 valence electrons. The predicted molar refractivity (Wildman–Crippen MR) is 69.6 cm³/mol. The zero-order valence-corrected chi connectivity index (χ0v) is 12.9. The Bertz CT molecular complexity index is 84.1. The molecule has 0 amide bonds. The molecule has 0 spiro atoms. The molecule has 0 aliphatic carbocycles. The summed E-state index contributed by atoms with van der Waals surface area (Å²) in [5.74, 6) is 0. The molecule has 0 radical (unpaired) electrons. The van der Waals surface area contributed by atoms with Crippen LogP contribution in [0.15, 0.2) is 0 Å². The first-order valence-corrected chi connectivity index (χ1v) is 8.38. The molecule has 0 aromatic carbocycles. The number of rotatable bonds is 7. The average Bonchev–Trinajstić information content (AvgIpc) is 2.28. The van der Waals surface area contributed by atoms with E-state index in [1.807, 2.05) is 0 Å². The molecule has 2 nitrogen and oxygen atoms in total. The average molecular weight is 363 g/mol. The Labute approximate surface area is 109 Å². The van der Waals surface area contributed by atoms with Gasteiger partial charge in [0.15, 0.2) is 0 Å². The Morgan fingerprint density at radius 2 is 0.929 bits per heavy atom. The summed E-state index contributed by atoms with van der Waals surface area (Å²) in [6.07, 6.45) is 0. The van der Waals surface area contributed by atoms with Gasteiger partial charge in [-0.2, -0.15) is 0 Å². The topological polar surface area (TPSA) is 6.48 Å². The molecular weight excluding hydrogens is 339 g/mol. The molecule has 0 bridgehead atoms. The maximum atomic E-state index is 4.16. The zero-order chi connectivity index (χ0) is 11.4. The molecule has 0 saturated heterocycles. The van der Waals surface area contributed by atoms with Crippen molar-refractivity contribution in [2.24, 2.45) is 0 Å². The first-order valence-electron chi connectivity index (χ1n) is 5.34. The van der Waals surface area contributed by atoms with Crippen LogP contribution < -0.4 is 0 Å². The van der Waals surface area contributed by atoms with Crippen LogP contribution in [0.4, 0.5) is 0 Å². The van der Waals surface area contributed by atoms with E-state index in [0.717, 1.165) is 0 Å². The molecule has 0 aliphatic rings. The van der Waals surface area contributed by atoms with Gasteiger partial charge in [-0.25, -0.2) is 0 Å². The molecule has 0 atom stereocenters. The number of halogens is 1. The van der Waals surface area contributed by atoms with Gasteiger partial charge < -0.3 is 9.80 Å². The normalized spacial score (nSPS) is 10.4. The second kappa shape index (κ2) is 14.2. The van der Waals surface area contributed by atoms with Gasteiger partial charge in [-0.05, 0) is 26.2 Å². The van der Waals surface area contributed by atoms with E-state index in [2.05, 4.69) is 50.3 Å². The zero-order valence-electron chi connectivity index (χ0n) is 9.82. The molecule has 0 unspecified atom stereocenters. The summed E-state index contributed by atoms with van der Waals surface area (Å²) in [4.78, 5) is 4.94. The van der Waals surface area contributed by atoms with Crippen molar-refractivity contribution < 1.29 is 12.8 Å². The minimum atomic E-state index is 1.18. The van der Waals surface area contributed by atoms with Crippen LogP contribution in [0.3, 0.4) is 0 Å². The van der Waals surface area contributed by atoms with Crippen LogP contribution in [-0.4, -0.2) is 49.1 Å². The van der Waals surface area contributed by atoms with E-state index in [-0.39, 0.29) is 0 Å². The van der Waals surface area contributed by atoms with Crippen LogP contribution in [0.2, 0.25) is 0 Å². The van der Waals surface area contributed by atoms with Crippen molar-refractivity contribution in [1.82, 2.24) is 9.80 Å². The molecular formula is C10H24CuIN2. The SMILES string of the molecule is CCN(CC)CCN(CC)CC.[Cu][I]. The van der Waals surface area contributed by atoms with Crippen molar-refractivity contribution in [1.29, 1.82) is 0 Å². The second-order valence-corrected chi connectivity index (χ2v) is 3.05. The number of hydrogen-bond acceptors (Lipinski definition) is 2. The monoisotopic (exact) mass is 362 g/mol. The van der Waals surface area contributed by atoms with Crippen LogP contribution in [0, 0.1) is 0 Å². The summed E-state index contributed by atoms with van der Waals surface area (Å²) in [6.45, 7) is 16.1. The van der Waals surface area contributed by atoms with Gasteiger partial charge >= 0.3 is 33.1 Å². The van der Waals surface area contributed by atoms with Crippen LogP contribution in [0.5, 0.6) is 0 Å². The van der Waals surface area contributed by atoms with Gasteiger partial charge in [0.05, 0.1) is 0 Å². The van der Waals surface area contributed by atoms with E-state index in [1.54, 1.807) is 20.3 Å². The predicted octanol–water partition coefficient (Wildman–Crippen LogP) is 2.55. The van der Waals surface area contributed by atoms with Crippen molar-refractivity contribution >= 4 is 20.3 Å². The number of likely N-dealkylation sites (N-methyl/N-ethyl adjacent to an activating group) is 2. The van der Waals surface area contributed by atoms with E-state index in [1.165, 1.54) is 39.3 Å². The summed E-state index contributed by atoms with van der Waals surface area (Å²) in [7, 11) is 0. The van der Waals surface area contributed by atoms with Crippen molar-refractivity contribution in [3.63, 3.8) is 0 Å². The molecule has 0 rings (SSSR count). The summed E-state index contributed by atoms with van der Waals surface area (Å²) >= 11 is 5.87. The fourth-order valence-electron chi connectivity index (χ4n) is 1.36. The van der Waals surface area contributed by atoms with Crippen molar-refractivity contribution in [2.75, 3.05) is 39.3 Å². The van der Waals surface area contributed by atoms with E-state index in [4.69, 9.17) is 0 Å². The molecule has 0 heterocycles. The maximum absolute atomic E-state index is 4.16. The molecule has 4 heteroatoms. The Morgan fingerprint density at radius 3 is 1.07 bits per heavy atom. The first kappa shape index (κ1) is 17.6. The quantitative estimate of drug-likeness (QED) is 0.507. The molecule has 0 fully saturated rings. The van der Waals surface area contributed by atoms with Crippen molar-refractivity contribution in [3.8, 4) is 0 Å². The van der Waals surface area contributed by atoms with Gasteiger partial charge in [-0.3, -0.25) is 0 Å². The standard InChI is InChI=1S/C10H24N2.Cu.HI/c1-5-11(6-2)9-10-12(7-3)8-4;;/h5-10H2,1-4H3;;1H/q;+1;/p-1. The van der Waals surface area contributed by atoms with Gasteiger partial charge in [0.2, 0.25) is 0 Å². The summed E-state index contributed by atoms with van der Waals surface area (Å²) in [6, 6.07) is 0. The fourth-order valence-corrected chi connectivity index (χ4v) is 1.36.